The number of hydrogen-bond acceptors (Lipinski definition) is 6. The van der Waals surface area contributed by atoms with Crippen LogP contribution >= 0.6 is 11.3 Å². The van der Waals surface area contributed by atoms with Gasteiger partial charge in [0.05, 0.1) is 11.0 Å². The van der Waals surface area contributed by atoms with Gasteiger partial charge in [-0.3, -0.25) is 19.7 Å². The lowest BCUT2D eigenvalue weighted by atomic mass is 9.84. The van der Waals surface area contributed by atoms with Crippen molar-refractivity contribution < 1.29 is 19.6 Å². The zero-order valence-corrected chi connectivity index (χ0v) is 17.8. The normalized spacial score (nSPS) is 16.1. The first-order chi connectivity index (χ1) is 14.2. The number of carbonyl (C=O) groups is 2. The van der Waals surface area contributed by atoms with E-state index in [2.05, 4.69) is 10.6 Å². The van der Waals surface area contributed by atoms with E-state index in [0.717, 1.165) is 35.4 Å². The van der Waals surface area contributed by atoms with E-state index in [1.165, 1.54) is 18.2 Å². The monoisotopic (exact) mass is 431 g/mol. The maximum atomic E-state index is 12.4. The minimum atomic E-state index is -0.809. The van der Waals surface area contributed by atoms with E-state index in [-0.39, 0.29) is 11.1 Å². The number of nitrogens with one attached hydrogen (secondary N) is 2. The van der Waals surface area contributed by atoms with Gasteiger partial charge in [-0.2, -0.15) is 0 Å². The third kappa shape index (κ3) is 4.68. The van der Waals surface area contributed by atoms with Crippen molar-refractivity contribution >= 4 is 34.5 Å². The molecule has 1 aliphatic rings. The number of hydrogen-bond donors (Lipinski definition) is 3. The Morgan fingerprint density at radius 3 is 2.50 bits per heavy atom. The van der Waals surface area contributed by atoms with Crippen molar-refractivity contribution in [1.29, 1.82) is 0 Å². The number of rotatable bonds is 6. The maximum absolute atomic E-state index is 12.4. The van der Waals surface area contributed by atoms with E-state index in [9.17, 15) is 24.8 Å². The van der Waals surface area contributed by atoms with E-state index in [1.54, 1.807) is 25.2 Å². The average Bonchev–Trinajstić information content (AvgIpc) is 3.37. The summed E-state index contributed by atoms with van der Waals surface area (Å²) in [5.41, 5.74) is 0.556. The molecule has 1 unspecified atom stereocenters. The molecule has 9 heteroatoms. The highest BCUT2D eigenvalue weighted by molar-refractivity contribution is 7.12. The largest absolute Gasteiger partial charge is 0.388 e. The van der Waals surface area contributed by atoms with Crippen LogP contribution in [-0.4, -0.2) is 28.4 Å². The molecule has 1 atom stereocenters. The highest BCUT2D eigenvalue weighted by Crippen LogP contribution is 2.44. The maximum Gasteiger partial charge on any atom is 0.313 e. The van der Waals surface area contributed by atoms with Crippen LogP contribution in [0.2, 0.25) is 0 Å². The first kappa shape index (κ1) is 21.9. The second-order valence-electron chi connectivity index (χ2n) is 7.76. The molecule has 1 aromatic carbocycles. The third-order valence-electron chi connectivity index (χ3n) is 5.58. The van der Waals surface area contributed by atoms with E-state index < -0.39 is 22.8 Å². The predicted octanol–water partition coefficient (Wildman–Crippen LogP) is 3.58. The number of aliphatic hydroxyl groups excluding tert-OH is 1. The van der Waals surface area contributed by atoms with Gasteiger partial charge in [0.2, 0.25) is 0 Å². The van der Waals surface area contributed by atoms with Crippen molar-refractivity contribution in [3.05, 3.63) is 55.8 Å². The molecule has 0 aliphatic heterocycles. The zero-order valence-electron chi connectivity index (χ0n) is 16.9. The lowest BCUT2D eigenvalue weighted by Gasteiger charge is -2.28. The van der Waals surface area contributed by atoms with Crippen molar-refractivity contribution in [2.75, 3.05) is 11.9 Å². The lowest BCUT2D eigenvalue weighted by molar-refractivity contribution is -0.384. The summed E-state index contributed by atoms with van der Waals surface area (Å²) in [6, 6.07) is 7.96. The summed E-state index contributed by atoms with van der Waals surface area (Å²) < 4.78 is 0. The fraction of sp³-hybridized carbons (Fsp3) is 0.429. The van der Waals surface area contributed by atoms with Crippen LogP contribution < -0.4 is 10.6 Å². The summed E-state index contributed by atoms with van der Waals surface area (Å²) in [7, 11) is 0. The molecule has 8 nitrogen and oxygen atoms in total. The summed E-state index contributed by atoms with van der Waals surface area (Å²) in [6.45, 7) is 3.70. The van der Waals surface area contributed by atoms with Crippen LogP contribution in [0.15, 0.2) is 30.3 Å². The minimum absolute atomic E-state index is 0.0781. The first-order valence-corrected chi connectivity index (χ1v) is 10.7. The molecule has 0 bridgehead atoms. The molecule has 1 aliphatic carbocycles. The van der Waals surface area contributed by atoms with Gasteiger partial charge >= 0.3 is 11.8 Å². The molecule has 0 radical (unpaired) electrons. The van der Waals surface area contributed by atoms with Gasteiger partial charge in [0.1, 0.15) is 0 Å². The van der Waals surface area contributed by atoms with E-state index in [0.29, 0.717) is 17.8 Å². The van der Waals surface area contributed by atoms with Crippen molar-refractivity contribution in [3.63, 3.8) is 0 Å². The molecule has 3 rings (SSSR count). The van der Waals surface area contributed by atoms with Crippen LogP contribution in [0.1, 0.15) is 54.0 Å². The van der Waals surface area contributed by atoms with Crippen LogP contribution in [0.25, 0.3) is 0 Å². The minimum Gasteiger partial charge on any atom is -0.388 e. The number of anilines is 1. The number of nitro groups is 1. The SMILES string of the molecule is Cc1cc([N+](=O)[O-])ccc1NC(=O)C(=O)NCC1(c2ccc(C(C)O)s2)CCCC1. The fourth-order valence-corrected chi connectivity index (χ4v) is 5.02. The number of nitro benzene ring substituents is 1. The van der Waals surface area contributed by atoms with Gasteiger partial charge in [-0.05, 0) is 50.5 Å². The van der Waals surface area contributed by atoms with Crippen LogP contribution in [-0.2, 0) is 15.0 Å². The van der Waals surface area contributed by atoms with Crippen LogP contribution in [0.5, 0.6) is 0 Å². The van der Waals surface area contributed by atoms with Gasteiger partial charge < -0.3 is 15.7 Å². The second kappa shape index (κ2) is 8.93. The smallest absolute Gasteiger partial charge is 0.313 e. The summed E-state index contributed by atoms with van der Waals surface area (Å²) in [5, 5.41) is 25.9. The Hall–Kier alpha value is -2.78. The lowest BCUT2D eigenvalue weighted by Crippen LogP contribution is -2.43. The number of non-ortho nitro benzene ring substituents is 1. The fourth-order valence-electron chi connectivity index (χ4n) is 3.83. The van der Waals surface area contributed by atoms with E-state index in [4.69, 9.17) is 0 Å². The molecule has 30 heavy (non-hydrogen) atoms. The van der Waals surface area contributed by atoms with Crippen LogP contribution in [0.4, 0.5) is 11.4 Å². The number of aryl methyl sites for hydroxylation is 1. The Morgan fingerprint density at radius 1 is 1.23 bits per heavy atom. The number of benzene rings is 1. The Bertz CT molecular complexity index is 963. The Balaban J connectivity index is 1.65. The molecule has 0 saturated heterocycles. The summed E-state index contributed by atoms with van der Waals surface area (Å²) in [6.07, 6.45) is 3.39. The highest BCUT2D eigenvalue weighted by Gasteiger charge is 2.38. The third-order valence-corrected chi connectivity index (χ3v) is 7.09. The molecule has 0 spiro atoms. The zero-order chi connectivity index (χ0) is 21.9. The van der Waals surface area contributed by atoms with Crippen LogP contribution in [0, 0.1) is 17.0 Å². The topological polar surface area (TPSA) is 122 Å². The molecular weight excluding hydrogens is 406 g/mol. The Kier molecular flexibility index (Phi) is 6.52. The molecule has 3 N–H and O–H groups in total. The van der Waals surface area contributed by atoms with Crippen molar-refractivity contribution in [2.24, 2.45) is 0 Å². The van der Waals surface area contributed by atoms with Gasteiger partial charge in [0, 0.05) is 39.5 Å². The predicted molar refractivity (Wildman–Crippen MR) is 115 cm³/mol. The van der Waals surface area contributed by atoms with E-state index in [1.807, 2.05) is 12.1 Å². The quantitative estimate of drug-likeness (QED) is 0.367. The Labute approximate surface area is 178 Å². The molecule has 2 amide bonds. The van der Waals surface area contributed by atoms with Crippen LogP contribution in [0.3, 0.4) is 0 Å². The van der Waals surface area contributed by atoms with E-state index >= 15 is 0 Å². The second-order valence-corrected chi connectivity index (χ2v) is 8.87. The molecule has 1 saturated carbocycles. The first-order valence-electron chi connectivity index (χ1n) is 9.84. The molecule has 1 aromatic heterocycles. The number of thiophene rings is 1. The summed E-state index contributed by atoms with van der Waals surface area (Å²) in [4.78, 5) is 37.1. The van der Waals surface area contributed by atoms with Gasteiger partial charge in [-0.25, -0.2) is 0 Å². The van der Waals surface area contributed by atoms with Crippen molar-refractivity contribution in [2.45, 2.75) is 51.0 Å². The molecule has 1 heterocycles. The number of carbonyl (C=O) groups excluding carboxylic acids is 2. The standard InChI is InChI=1S/C21H25N3O5S/c1-13-11-15(24(28)29)5-6-16(13)23-20(27)19(26)22-12-21(9-3-4-10-21)18-8-7-17(30-18)14(2)25/h5-8,11,14,25H,3-4,9-10,12H2,1-2H3,(H,22,26)(H,23,27). The number of aliphatic hydroxyl groups is 1. The van der Waals surface area contributed by atoms with Crippen molar-refractivity contribution in [1.82, 2.24) is 5.32 Å². The van der Waals surface area contributed by atoms with Crippen molar-refractivity contribution in [3.8, 4) is 0 Å². The summed E-state index contributed by atoms with van der Waals surface area (Å²) in [5.74, 6) is -1.55. The Morgan fingerprint density at radius 2 is 1.93 bits per heavy atom. The average molecular weight is 432 g/mol. The molecule has 2 aromatic rings. The molecule has 1 fully saturated rings. The summed E-state index contributed by atoms with van der Waals surface area (Å²) >= 11 is 1.55. The van der Waals surface area contributed by atoms with Gasteiger partial charge in [0.25, 0.3) is 5.69 Å². The number of amides is 2. The van der Waals surface area contributed by atoms with Gasteiger partial charge in [-0.15, -0.1) is 11.3 Å². The number of nitrogens with zero attached hydrogens (tertiary/aromatic N) is 1. The molecule has 160 valence electrons. The molecular formula is C21H25N3O5S. The highest BCUT2D eigenvalue weighted by atomic mass is 32.1. The van der Waals surface area contributed by atoms with Gasteiger partial charge in [0.15, 0.2) is 0 Å². The van der Waals surface area contributed by atoms with Gasteiger partial charge in [-0.1, -0.05) is 12.8 Å².